The average Bonchev–Trinajstić information content (AvgIpc) is 3.12. The van der Waals surface area contributed by atoms with E-state index in [-0.39, 0.29) is 0 Å². The quantitative estimate of drug-likeness (QED) is 0.408. The maximum Gasteiger partial charge on any atom is 0.433 e. The van der Waals surface area contributed by atoms with E-state index in [1.54, 1.807) is 24.4 Å². The van der Waals surface area contributed by atoms with Crippen molar-refractivity contribution in [1.29, 1.82) is 0 Å². The molecule has 0 radical (unpaired) electrons. The molecule has 0 bridgehead atoms. The molecule has 0 saturated carbocycles. The largest absolute Gasteiger partial charge is 0.433 e. The van der Waals surface area contributed by atoms with E-state index >= 15 is 0 Å². The van der Waals surface area contributed by atoms with Gasteiger partial charge in [0.1, 0.15) is 11.9 Å². The van der Waals surface area contributed by atoms with Crippen LogP contribution in [-0.2, 0) is 11.7 Å². The van der Waals surface area contributed by atoms with Crippen LogP contribution in [0, 0.1) is 0 Å². The first kappa shape index (κ1) is 21.6. The first-order valence-corrected chi connectivity index (χ1v) is 10.6. The lowest BCUT2D eigenvalue weighted by Gasteiger charge is -2.33. The van der Waals surface area contributed by atoms with Gasteiger partial charge >= 0.3 is 6.18 Å². The average molecular weight is 467 g/mol. The van der Waals surface area contributed by atoms with Gasteiger partial charge in [0.05, 0.1) is 11.2 Å². The smallest absolute Gasteiger partial charge is 0.311 e. The van der Waals surface area contributed by atoms with Gasteiger partial charge in [-0.15, -0.1) is 0 Å². The first-order chi connectivity index (χ1) is 15.8. The summed E-state index contributed by atoms with van der Waals surface area (Å²) in [6.45, 7) is 0. The second-order valence-corrected chi connectivity index (χ2v) is 8.26. The number of hydrogen-bond donors (Lipinski definition) is 2. The third-order valence-electron chi connectivity index (χ3n) is 5.85. The zero-order valence-electron chi connectivity index (χ0n) is 17.1. The van der Waals surface area contributed by atoms with Crippen LogP contribution in [0.2, 0.25) is 5.02 Å². The minimum atomic E-state index is -4.58. The molecule has 0 fully saturated rings. The van der Waals surface area contributed by atoms with E-state index in [0.717, 1.165) is 22.8 Å². The number of fused-ring (bicyclic) bond motifs is 1. The number of nitrogens with one attached hydrogen (secondary N) is 1. The number of halogens is 4. The van der Waals surface area contributed by atoms with Gasteiger partial charge in [-0.3, -0.25) is 15.3 Å². The number of rotatable bonds is 3. The number of alkyl halides is 3. The van der Waals surface area contributed by atoms with E-state index in [2.05, 4.69) is 15.3 Å². The number of benzene rings is 2. The summed E-state index contributed by atoms with van der Waals surface area (Å²) < 4.78 is 40.6. The fourth-order valence-electron chi connectivity index (χ4n) is 4.43. The third-order valence-corrected chi connectivity index (χ3v) is 6.08. The highest BCUT2D eigenvalue weighted by molar-refractivity contribution is 6.30. The fourth-order valence-corrected chi connectivity index (χ4v) is 4.62. The van der Waals surface area contributed by atoms with Gasteiger partial charge in [-0.1, -0.05) is 48.0 Å². The predicted octanol–water partition coefficient (Wildman–Crippen LogP) is 5.67. The molecule has 0 aliphatic carbocycles. The summed E-state index contributed by atoms with van der Waals surface area (Å²) in [5.74, 6) is 0. The Morgan fingerprint density at radius 2 is 1.58 bits per heavy atom. The SMILES string of the molecule is NC1NC(c2cccc(-c3cccc(Cl)c3)c2)(c2ccnc(C(F)(F)F)c2)c2cccnc21. The highest BCUT2D eigenvalue weighted by Crippen LogP contribution is 2.46. The summed E-state index contributed by atoms with van der Waals surface area (Å²) in [7, 11) is 0. The van der Waals surface area contributed by atoms with Crippen molar-refractivity contribution in [2.45, 2.75) is 17.9 Å². The molecule has 166 valence electrons. The van der Waals surface area contributed by atoms with Crippen LogP contribution in [0.1, 0.15) is 34.2 Å². The number of aromatic nitrogens is 2. The lowest BCUT2D eigenvalue weighted by Crippen LogP contribution is -2.42. The van der Waals surface area contributed by atoms with Gasteiger partial charge in [-0.2, -0.15) is 13.2 Å². The molecule has 8 heteroatoms. The Bertz CT molecular complexity index is 1340. The van der Waals surface area contributed by atoms with E-state index in [0.29, 0.717) is 21.8 Å². The number of pyridine rings is 2. The van der Waals surface area contributed by atoms with Crippen molar-refractivity contribution in [2.75, 3.05) is 0 Å². The van der Waals surface area contributed by atoms with E-state index in [1.807, 2.05) is 48.5 Å². The molecular formula is C25H18ClF3N4. The van der Waals surface area contributed by atoms with E-state index in [1.165, 1.54) is 6.20 Å². The Balaban J connectivity index is 1.77. The van der Waals surface area contributed by atoms with Crippen LogP contribution in [0.3, 0.4) is 0 Å². The fraction of sp³-hybridized carbons (Fsp3) is 0.120. The van der Waals surface area contributed by atoms with Crippen LogP contribution >= 0.6 is 11.6 Å². The predicted molar refractivity (Wildman–Crippen MR) is 120 cm³/mol. The molecule has 2 aromatic heterocycles. The number of hydrogen-bond acceptors (Lipinski definition) is 4. The number of nitrogens with two attached hydrogens (primary N) is 1. The molecule has 4 aromatic rings. The van der Waals surface area contributed by atoms with Crippen LogP contribution in [0.25, 0.3) is 11.1 Å². The second-order valence-electron chi connectivity index (χ2n) is 7.83. The maximum atomic E-state index is 13.5. The van der Waals surface area contributed by atoms with Gasteiger partial charge in [0, 0.05) is 23.0 Å². The topological polar surface area (TPSA) is 63.8 Å². The van der Waals surface area contributed by atoms with E-state index in [9.17, 15) is 13.2 Å². The summed E-state index contributed by atoms with van der Waals surface area (Å²) in [4.78, 5) is 7.95. The molecule has 2 atom stereocenters. The highest BCUT2D eigenvalue weighted by atomic mass is 35.5. The van der Waals surface area contributed by atoms with Crippen LogP contribution in [0.15, 0.2) is 85.2 Å². The molecule has 0 saturated heterocycles. The molecular weight excluding hydrogens is 449 g/mol. The van der Waals surface area contributed by atoms with Gasteiger partial charge in [-0.05, 0) is 58.7 Å². The Labute approximate surface area is 193 Å². The Hall–Kier alpha value is -3.26. The highest BCUT2D eigenvalue weighted by Gasteiger charge is 2.47. The van der Waals surface area contributed by atoms with Gasteiger partial charge in [0.25, 0.3) is 0 Å². The molecule has 5 rings (SSSR count). The van der Waals surface area contributed by atoms with Crippen LogP contribution in [-0.4, -0.2) is 9.97 Å². The zero-order valence-corrected chi connectivity index (χ0v) is 17.9. The minimum absolute atomic E-state index is 0.371. The standard InChI is InChI=1S/C25H18ClF3N4/c26-19-7-2-5-16(13-19)15-4-1-6-17(12-15)24(18-9-11-31-21(14-18)25(27,28)29)20-8-3-10-32-22(20)23(30)33-24/h1-14,23,33H,30H2. The molecule has 2 aromatic carbocycles. The van der Waals surface area contributed by atoms with Crippen molar-refractivity contribution in [3.05, 3.63) is 118 Å². The lowest BCUT2D eigenvalue weighted by atomic mass is 9.78. The van der Waals surface area contributed by atoms with Gasteiger partial charge in [-0.25, -0.2) is 0 Å². The first-order valence-electron chi connectivity index (χ1n) is 10.2. The monoisotopic (exact) mass is 466 g/mol. The molecule has 0 amide bonds. The zero-order chi connectivity index (χ0) is 23.2. The van der Waals surface area contributed by atoms with Crippen LogP contribution in [0.4, 0.5) is 13.2 Å². The summed E-state index contributed by atoms with van der Waals surface area (Å²) in [5.41, 5.74) is 8.36. The lowest BCUT2D eigenvalue weighted by molar-refractivity contribution is -0.141. The third kappa shape index (κ3) is 3.68. The summed E-state index contributed by atoms with van der Waals surface area (Å²) >= 11 is 6.18. The molecule has 3 N–H and O–H groups in total. The molecule has 1 aliphatic rings. The van der Waals surface area contributed by atoms with Gasteiger partial charge in [0.2, 0.25) is 0 Å². The molecule has 33 heavy (non-hydrogen) atoms. The van der Waals surface area contributed by atoms with Crippen molar-refractivity contribution < 1.29 is 13.2 Å². The van der Waals surface area contributed by atoms with Crippen molar-refractivity contribution in [3.63, 3.8) is 0 Å². The van der Waals surface area contributed by atoms with Crippen LogP contribution in [0.5, 0.6) is 0 Å². The normalized spacial score (nSPS) is 20.0. The molecule has 0 spiro atoms. The molecule has 3 heterocycles. The summed E-state index contributed by atoms with van der Waals surface area (Å²) in [6.07, 6.45) is -2.47. The molecule has 1 aliphatic heterocycles. The Kier molecular flexibility index (Phi) is 5.20. The van der Waals surface area contributed by atoms with Crippen molar-refractivity contribution >= 4 is 11.6 Å². The van der Waals surface area contributed by atoms with E-state index < -0.39 is 23.6 Å². The number of nitrogens with zero attached hydrogens (tertiary/aromatic N) is 2. The van der Waals surface area contributed by atoms with Gasteiger partial charge < -0.3 is 5.73 Å². The van der Waals surface area contributed by atoms with Crippen molar-refractivity contribution in [1.82, 2.24) is 15.3 Å². The Morgan fingerprint density at radius 1 is 0.848 bits per heavy atom. The minimum Gasteiger partial charge on any atom is -0.311 e. The van der Waals surface area contributed by atoms with Crippen molar-refractivity contribution in [2.24, 2.45) is 5.73 Å². The summed E-state index contributed by atoms with van der Waals surface area (Å²) in [6, 6.07) is 21.2. The molecule has 2 unspecified atom stereocenters. The maximum absolute atomic E-state index is 13.5. The van der Waals surface area contributed by atoms with E-state index in [4.69, 9.17) is 17.3 Å². The molecule has 4 nitrogen and oxygen atoms in total. The van der Waals surface area contributed by atoms with Gasteiger partial charge in [0.15, 0.2) is 0 Å². The summed E-state index contributed by atoms with van der Waals surface area (Å²) in [5, 5.41) is 3.92. The Morgan fingerprint density at radius 3 is 2.33 bits per heavy atom. The second kappa shape index (κ2) is 7.95. The van der Waals surface area contributed by atoms with Crippen molar-refractivity contribution in [3.8, 4) is 11.1 Å². The van der Waals surface area contributed by atoms with Crippen LogP contribution < -0.4 is 11.1 Å².